The van der Waals surface area contributed by atoms with Crippen molar-refractivity contribution in [3.63, 3.8) is 0 Å². The van der Waals surface area contributed by atoms with Gasteiger partial charge in [0.1, 0.15) is 18.1 Å². The Morgan fingerprint density at radius 1 is 1.32 bits per heavy atom. The van der Waals surface area contributed by atoms with E-state index < -0.39 is 0 Å². The van der Waals surface area contributed by atoms with Crippen molar-refractivity contribution < 1.29 is 13.9 Å². The van der Waals surface area contributed by atoms with E-state index in [2.05, 4.69) is 20.8 Å². The van der Waals surface area contributed by atoms with Crippen molar-refractivity contribution in [2.75, 3.05) is 17.7 Å². The van der Waals surface area contributed by atoms with Crippen LogP contribution in [-0.4, -0.2) is 38.5 Å². The lowest BCUT2D eigenvalue weighted by molar-refractivity contribution is -0.113. The number of nitrogens with one attached hydrogen (secondary N) is 1. The first-order chi connectivity index (χ1) is 12.2. The molecule has 9 heteroatoms. The van der Waals surface area contributed by atoms with Crippen molar-refractivity contribution in [3.05, 3.63) is 48.4 Å². The number of nitrogens with zero attached hydrogens (tertiary/aromatic N) is 4. The topological polar surface area (TPSA) is 95.1 Å². The predicted octanol–water partition coefficient (Wildman–Crippen LogP) is 2.44. The summed E-state index contributed by atoms with van der Waals surface area (Å²) in [6.45, 7) is 2.95. The van der Waals surface area contributed by atoms with Crippen LogP contribution in [0.2, 0.25) is 0 Å². The minimum Gasteiger partial charge on any atom is -0.494 e. The van der Waals surface area contributed by atoms with E-state index in [4.69, 9.17) is 9.15 Å². The fourth-order valence-corrected chi connectivity index (χ4v) is 2.75. The van der Waals surface area contributed by atoms with Crippen LogP contribution in [0, 0.1) is 0 Å². The van der Waals surface area contributed by atoms with Gasteiger partial charge in [0.05, 0.1) is 18.6 Å². The highest BCUT2D eigenvalue weighted by molar-refractivity contribution is 7.99. The molecule has 0 bridgehead atoms. The molecule has 0 aliphatic heterocycles. The second-order valence-electron chi connectivity index (χ2n) is 4.99. The summed E-state index contributed by atoms with van der Waals surface area (Å²) in [7, 11) is 0. The second kappa shape index (κ2) is 8.34. The summed E-state index contributed by atoms with van der Waals surface area (Å²) in [5.41, 5.74) is 0.712. The van der Waals surface area contributed by atoms with Gasteiger partial charge in [-0.1, -0.05) is 11.8 Å². The molecule has 0 saturated heterocycles. The van der Waals surface area contributed by atoms with Crippen LogP contribution in [0.4, 0.5) is 5.69 Å². The lowest BCUT2D eigenvalue weighted by atomic mass is 10.3. The minimum absolute atomic E-state index is 0.137. The highest BCUT2D eigenvalue weighted by Crippen LogP contribution is 2.18. The Morgan fingerprint density at radius 3 is 2.88 bits per heavy atom. The third-order valence-corrected chi connectivity index (χ3v) is 4.12. The average Bonchev–Trinajstić information content (AvgIpc) is 3.27. The number of benzene rings is 1. The second-order valence-corrected chi connectivity index (χ2v) is 5.94. The smallest absolute Gasteiger partial charge is 0.234 e. The molecule has 0 spiro atoms. The minimum atomic E-state index is -0.137. The summed E-state index contributed by atoms with van der Waals surface area (Å²) in [6.07, 6.45) is 1.59. The number of carbonyl (C=O) groups excluding carboxylic acids is 1. The van der Waals surface area contributed by atoms with Crippen molar-refractivity contribution in [2.45, 2.75) is 18.6 Å². The van der Waals surface area contributed by atoms with Crippen LogP contribution in [-0.2, 0) is 11.3 Å². The zero-order valence-electron chi connectivity index (χ0n) is 13.6. The van der Waals surface area contributed by atoms with E-state index in [0.717, 1.165) is 11.5 Å². The normalized spacial score (nSPS) is 10.6. The van der Waals surface area contributed by atoms with Crippen LogP contribution in [0.1, 0.15) is 12.7 Å². The van der Waals surface area contributed by atoms with Crippen molar-refractivity contribution in [3.8, 4) is 5.75 Å². The summed E-state index contributed by atoms with van der Waals surface area (Å²) in [5, 5.41) is 14.9. The van der Waals surface area contributed by atoms with Gasteiger partial charge < -0.3 is 14.5 Å². The molecule has 130 valence electrons. The van der Waals surface area contributed by atoms with E-state index in [-0.39, 0.29) is 11.7 Å². The molecule has 1 aromatic carbocycles. The number of ether oxygens (including phenoxy) is 1. The molecular weight excluding hydrogens is 342 g/mol. The first kappa shape index (κ1) is 17.0. The van der Waals surface area contributed by atoms with Crippen LogP contribution in [0.25, 0.3) is 0 Å². The van der Waals surface area contributed by atoms with Gasteiger partial charge in [-0.3, -0.25) is 4.79 Å². The Labute approximate surface area is 148 Å². The number of thioether (sulfide) groups is 1. The van der Waals surface area contributed by atoms with E-state index >= 15 is 0 Å². The molecule has 0 radical (unpaired) electrons. The van der Waals surface area contributed by atoms with Gasteiger partial charge in [-0.25, -0.2) is 4.68 Å². The van der Waals surface area contributed by atoms with Crippen LogP contribution in [0.5, 0.6) is 5.75 Å². The molecule has 1 amide bonds. The standard InChI is InChI=1S/C16H17N5O3S/c1-2-23-13-7-5-12(6-8-13)17-15(22)11-25-16-18-19-20-21(16)10-14-4-3-9-24-14/h3-9H,2,10-11H2,1H3,(H,17,22). The van der Waals surface area contributed by atoms with Gasteiger partial charge in [0, 0.05) is 5.69 Å². The third kappa shape index (κ3) is 4.83. The summed E-state index contributed by atoms with van der Waals surface area (Å²) in [4.78, 5) is 12.1. The summed E-state index contributed by atoms with van der Waals surface area (Å²) < 4.78 is 12.2. The summed E-state index contributed by atoms with van der Waals surface area (Å²) in [6, 6.07) is 10.9. The molecule has 8 nitrogen and oxygen atoms in total. The number of hydrogen-bond acceptors (Lipinski definition) is 7. The van der Waals surface area contributed by atoms with Gasteiger partial charge in [-0.05, 0) is 53.7 Å². The highest BCUT2D eigenvalue weighted by atomic mass is 32.2. The van der Waals surface area contributed by atoms with E-state index in [1.54, 1.807) is 29.1 Å². The number of anilines is 1. The SMILES string of the molecule is CCOc1ccc(NC(=O)CSc2nnnn2Cc2ccco2)cc1. The Balaban J connectivity index is 1.51. The first-order valence-corrected chi connectivity index (χ1v) is 8.67. The lowest BCUT2D eigenvalue weighted by Gasteiger charge is -2.07. The molecule has 0 atom stereocenters. The molecule has 0 aliphatic carbocycles. The maximum absolute atomic E-state index is 12.1. The van der Waals surface area contributed by atoms with E-state index in [0.29, 0.717) is 24.0 Å². The van der Waals surface area contributed by atoms with Crippen LogP contribution >= 0.6 is 11.8 Å². The molecule has 0 fully saturated rings. The number of carbonyl (C=O) groups is 1. The average molecular weight is 359 g/mol. The molecule has 0 aliphatic rings. The van der Waals surface area contributed by atoms with Crippen LogP contribution in [0.15, 0.2) is 52.2 Å². The Kier molecular flexibility index (Phi) is 5.68. The molecule has 1 N–H and O–H groups in total. The molecule has 0 saturated carbocycles. The number of rotatable bonds is 8. The van der Waals surface area contributed by atoms with Crippen LogP contribution in [0.3, 0.4) is 0 Å². The van der Waals surface area contributed by atoms with Gasteiger partial charge in [0.25, 0.3) is 0 Å². The number of aromatic nitrogens is 4. The number of furan rings is 1. The van der Waals surface area contributed by atoms with Gasteiger partial charge in [0.2, 0.25) is 11.1 Å². The molecule has 25 heavy (non-hydrogen) atoms. The van der Waals surface area contributed by atoms with Crippen molar-refractivity contribution in [1.82, 2.24) is 20.2 Å². The Hall–Kier alpha value is -2.81. The van der Waals surface area contributed by atoms with Crippen molar-refractivity contribution >= 4 is 23.4 Å². The number of hydrogen-bond donors (Lipinski definition) is 1. The predicted molar refractivity (Wildman–Crippen MR) is 92.6 cm³/mol. The third-order valence-electron chi connectivity index (χ3n) is 3.17. The molecule has 3 rings (SSSR count). The monoisotopic (exact) mass is 359 g/mol. The zero-order valence-corrected chi connectivity index (χ0v) is 14.4. The fourth-order valence-electron chi connectivity index (χ4n) is 2.08. The maximum atomic E-state index is 12.1. The zero-order chi connectivity index (χ0) is 17.5. The fraction of sp³-hybridized carbons (Fsp3) is 0.250. The van der Waals surface area contributed by atoms with Gasteiger partial charge in [0.15, 0.2) is 0 Å². The molecular formula is C16H17N5O3S. The highest BCUT2D eigenvalue weighted by Gasteiger charge is 2.11. The van der Waals surface area contributed by atoms with Gasteiger partial charge in [-0.2, -0.15) is 0 Å². The van der Waals surface area contributed by atoms with Crippen molar-refractivity contribution in [2.24, 2.45) is 0 Å². The van der Waals surface area contributed by atoms with E-state index in [9.17, 15) is 4.79 Å². The molecule has 2 heterocycles. The first-order valence-electron chi connectivity index (χ1n) is 7.68. The quantitative estimate of drug-likeness (QED) is 0.617. The Morgan fingerprint density at radius 2 is 2.16 bits per heavy atom. The number of amides is 1. The Bertz CT molecular complexity index is 802. The largest absolute Gasteiger partial charge is 0.494 e. The molecule has 2 aromatic heterocycles. The van der Waals surface area contributed by atoms with Gasteiger partial charge in [-0.15, -0.1) is 5.10 Å². The van der Waals surface area contributed by atoms with Gasteiger partial charge >= 0.3 is 0 Å². The lowest BCUT2D eigenvalue weighted by Crippen LogP contribution is -2.14. The maximum Gasteiger partial charge on any atom is 0.234 e. The van der Waals surface area contributed by atoms with Crippen LogP contribution < -0.4 is 10.1 Å². The van der Waals surface area contributed by atoms with Crippen molar-refractivity contribution in [1.29, 1.82) is 0 Å². The van der Waals surface area contributed by atoms with E-state index in [1.165, 1.54) is 11.8 Å². The summed E-state index contributed by atoms with van der Waals surface area (Å²) in [5.74, 6) is 1.58. The molecule has 0 unspecified atom stereocenters. The summed E-state index contributed by atoms with van der Waals surface area (Å²) >= 11 is 1.26. The molecule has 3 aromatic rings. The van der Waals surface area contributed by atoms with E-state index in [1.807, 2.05) is 25.1 Å². The number of tetrazole rings is 1.